The molecule has 2 aromatic rings. The minimum atomic E-state index is -4.88. The van der Waals surface area contributed by atoms with Crippen molar-refractivity contribution in [2.24, 2.45) is 23.2 Å². The zero-order valence-electron chi connectivity index (χ0n) is 23.7. The van der Waals surface area contributed by atoms with Crippen molar-refractivity contribution in [3.05, 3.63) is 50.8 Å². The number of aryl methyl sites for hydroxylation is 1. The smallest absolute Gasteiger partial charge is 0.433 e. The maximum Gasteiger partial charge on any atom is 0.433 e. The average molecular weight is 629 g/mol. The van der Waals surface area contributed by atoms with Gasteiger partial charge in [-0.1, -0.05) is 37.0 Å². The Hall–Kier alpha value is -2.59. The highest BCUT2D eigenvalue weighted by Gasteiger charge is 2.63. The predicted molar refractivity (Wildman–Crippen MR) is 151 cm³/mol. The van der Waals surface area contributed by atoms with Crippen molar-refractivity contribution in [1.29, 1.82) is 0 Å². The number of alkyl halides is 3. The Morgan fingerprint density at radius 3 is 2.17 bits per heavy atom. The van der Waals surface area contributed by atoms with Gasteiger partial charge in [-0.05, 0) is 86.3 Å². The third-order valence-electron chi connectivity index (χ3n) is 9.74. The lowest BCUT2D eigenvalue weighted by atomic mass is 9.84. The van der Waals surface area contributed by atoms with Crippen LogP contribution >= 0.6 is 23.2 Å². The zero-order chi connectivity index (χ0) is 30.7. The van der Waals surface area contributed by atoms with Crippen LogP contribution in [0, 0.1) is 30.1 Å². The first kappa shape index (κ1) is 30.9. The molecule has 1 aromatic carbocycles. The Morgan fingerprint density at radius 1 is 1.07 bits per heavy atom. The number of nitrogens with zero attached hydrogens (tertiary/aromatic N) is 3. The highest BCUT2D eigenvalue weighted by atomic mass is 35.5. The lowest BCUT2D eigenvalue weighted by molar-refractivity contribution is -0.145. The second-order valence-electron chi connectivity index (χ2n) is 12.7. The first-order valence-corrected chi connectivity index (χ1v) is 15.0. The molecule has 1 N–H and O–H groups in total. The van der Waals surface area contributed by atoms with Crippen molar-refractivity contribution in [3.63, 3.8) is 0 Å². The summed E-state index contributed by atoms with van der Waals surface area (Å²) in [7, 11) is 0. The van der Waals surface area contributed by atoms with E-state index in [1.807, 2.05) is 0 Å². The number of carboxylic acid groups (broad SMARTS) is 1. The van der Waals surface area contributed by atoms with Gasteiger partial charge in [0.1, 0.15) is 0 Å². The molecule has 0 saturated heterocycles. The second kappa shape index (κ2) is 11.2. The van der Waals surface area contributed by atoms with E-state index in [9.17, 15) is 27.6 Å². The van der Waals surface area contributed by atoms with E-state index < -0.39 is 53.7 Å². The number of benzene rings is 1. The second-order valence-corrected chi connectivity index (χ2v) is 13.6. The third-order valence-corrected chi connectivity index (χ3v) is 10.3. The van der Waals surface area contributed by atoms with Gasteiger partial charge in [0.2, 0.25) is 0 Å². The van der Waals surface area contributed by atoms with Crippen LogP contribution in [-0.2, 0) is 11.0 Å². The number of carboxylic acids is 1. The van der Waals surface area contributed by atoms with Crippen LogP contribution in [0.4, 0.5) is 13.2 Å². The molecule has 0 spiro atoms. The van der Waals surface area contributed by atoms with Crippen LogP contribution in [0.25, 0.3) is 0 Å². The number of hydrogen-bond donors (Lipinski definition) is 1. The zero-order valence-corrected chi connectivity index (χ0v) is 25.2. The Kier molecular flexibility index (Phi) is 8.20. The summed E-state index contributed by atoms with van der Waals surface area (Å²) in [6, 6.07) is 2.13. The number of amides is 1. The molecular weight excluding hydrogens is 594 g/mol. The van der Waals surface area contributed by atoms with E-state index in [1.54, 1.807) is 19.1 Å². The topological polar surface area (TPSA) is 92.5 Å². The molecule has 3 aliphatic rings. The molecule has 3 fully saturated rings. The summed E-state index contributed by atoms with van der Waals surface area (Å²) in [5, 5.41) is 13.4. The summed E-state index contributed by atoms with van der Waals surface area (Å²) in [5.74, 6) is -1.83. The van der Waals surface area contributed by atoms with Crippen LogP contribution in [0.2, 0.25) is 10.0 Å². The number of rotatable bonds is 8. The fourth-order valence-corrected chi connectivity index (χ4v) is 8.18. The first-order valence-electron chi connectivity index (χ1n) is 14.3. The number of carbonyl (C=O) groups excluding carboxylic acids is 2. The highest BCUT2D eigenvalue weighted by Crippen LogP contribution is 2.67. The van der Waals surface area contributed by atoms with Gasteiger partial charge in [0.25, 0.3) is 5.91 Å². The third kappa shape index (κ3) is 5.81. The molecule has 3 aliphatic carbocycles. The number of carbonyl (C=O) groups is 3. The molecule has 0 unspecified atom stereocenters. The molecule has 0 radical (unpaired) electrons. The number of halogens is 5. The van der Waals surface area contributed by atoms with Crippen molar-refractivity contribution < 1.29 is 32.7 Å². The molecule has 1 aromatic heterocycles. The van der Waals surface area contributed by atoms with Gasteiger partial charge in [-0.15, -0.1) is 0 Å². The summed E-state index contributed by atoms with van der Waals surface area (Å²) < 4.78 is 44.6. The van der Waals surface area contributed by atoms with Crippen LogP contribution < -0.4 is 0 Å². The van der Waals surface area contributed by atoms with Crippen molar-refractivity contribution in [1.82, 2.24) is 14.7 Å². The quantitative estimate of drug-likeness (QED) is 0.306. The first-order chi connectivity index (χ1) is 19.6. The van der Waals surface area contributed by atoms with Crippen molar-refractivity contribution in [3.8, 4) is 0 Å². The minimum absolute atomic E-state index is 0.0279. The fraction of sp³-hybridized carbons (Fsp3) is 0.600. The van der Waals surface area contributed by atoms with Crippen LogP contribution in [0.5, 0.6) is 0 Å². The molecule has 12 heteroatoms. The Labute approximate surface area is 252 Å². The minimum Gasteiger partial charge on any atom is -0.481 e. The number of ketones is 1. The van der Waals surface area contributed by atoms with Crippen molar-refractivity contribution >= 4 is 40.9 Å². The van der Waals surface area contributed by atoms with E-state index in [0.717, 1.165) is 16.4 Å². The maximum absolute atomic E-state index is 14.6. The van der Waals surface area contributed by atoms with Gasteiger partial charge in [0.15, 0.2) is 11.5 Å². The molecule has 5 rings (SSSR count). The van der Waals surface area contributed by atoms with Gasteiger partial charge < -0.3 is 10.0 Å². The summed E-state index contributed by atoms with van der Waals surface area (Å²) in [6.07, 6.45) is -1.21. The number of fused-ring (bicyclic) bond motifs is 1. The predicted octanol–water partition coefficient (Wildman–Crippen LogP) is 7.48. The van der Waals surface area contributed by atoms with Gasteiger partial charge in [-0.25, -0.2) is 0 Å². The van der Waals surface area contributed by atoms with Gasteiger partial charge >= 0.3 is 12.1 Å². The SMILES string of the molecule is Cc1cc(Cl)c(C(=O)CN(C(=O)c2cnn(C3CCC(CC(=O)O)CC3)c2C(F)(F)F)[C@H]2C[C@@H]3[C@H](C2)C3(C)C)c(Cl)c1. The lowest BCUT2D eigenvalue weighted by Gasteiger charge is -2.32. The van der Waals surface area contributed by atoms with Crippen LogP contribution in [0.15, 0.2) is 18.3 Å². The van der Waals surface area contributed by atoms with E-state index >= 15 is 0 Å². The number of hydrogen-bond acceptors (Lipinski definition) is 4. The molecule has 7 nitrogen and oxygen atoms in total. The van der Waals surface area contributed by atoms with Crippen LogP contribution in [-0.4, -0.2) is 50.0 Å². The molecule has 0 bridgehead atoms. The molecule has 42 heavy (non-hydrogen) atoms. The summed E-state index contributed by atoms with van der Waals surface area (Å²) in [5.41, 5.74) is -0.854. The molecular formula is C30H34Cl2F3N3O4. The largest absolute Gasteiger partial charge is 0.481 e. The normalized spacial score (nSPS) is 26.5. The van der Waals surface area contributed by atoms with Crippen LogP contribution in [0.1, 0.15) is 96.8 Å². The van der Waals surface area contributed by atoms with Crippen LogP contribution in [0.3, 0.4) is 0 Å². The number of aromatic nitrogens is 2. The molecule has 228 valence electrons. The van der Waals surface area contributed by atoms with Gasteiger partial charge in [-0.3, -0.25) is 19.1 Å². The van der Waals surface area contributed by atoms with E-state index in [4.69, 9.17) is 28.3 Å². The molecule has 3 saturated carbocycles. The van der Waals surface area contributed by atoms with E-state index in [2.05, 4.69) is 18.9 Å². The molecule has 0 aliphatic heterocycles. The highest BCUT2D eigenvalue weighted by molar-refractivity contribution is 6.40. The lowest BCUT2D eigenvalue weighted by Crippen LogP contribution is -2.44. The summed E-state index contributed by atoms with van der Waals surface area (Å²) >= 11 is 12.7. The average Bonchev–Trinajstić information content (AvgIpc) is 3.30. The number of Topliss-reactive ketones (excluding diaryl/α,β-unsaturated/α-hetero) is 1. The van der Waals surface area contributed by atoms with Crippen molar-refractivity contribution in [2.75, 3.05) is 6.54 Å². The fourth-order valence-electron chi connectivity index (χ4n) is 7.37. The number of aliphatic carboxylic acids is 1. The summed E-state index contributed by atoms with van der Waals surface area (Å²) in [6.45, 7) is 5.58. The molecule has 1 amide bonds. The summed E-state index contributed by atoms with van der Waals surface area (Å²) in [4.78, 5) is 39.9. The van der Waals surface area contributed by atoms with E-state index in [-0.39, 0.29) is 33.4 Å². The van der Waals surface area contributed by atoms with Crippen molar-refractivity contribution in [2.45, 2.75) is 84.0 Å². The molecule has 1 heterocycles. The Bertz CT molecular complexity index is 1380. The Balaban J connectivity index is 1.46. The van der Waals surface area contributed by atoms with E-state index in [0.29, 0.717) is 50.4 Å². The maximum atomic E-state index is 14.6. The van der Waals surface area contributed by atoms with E-state index in [1.165, 1.54) is 4.90 Å². The van der Waals surface area contributed by atoms with Gasteiger partial charge in [0.05, 0.1) is 40.0 Å². The molecule has 3 atom stereocenters. The van der Waals surface area contributed by atoms with Gasteiger partial charge in [0, 0.05) is 12.5 Å². The standard InChI is InChI=1S/C30H34Cl2F3N3O4/c1-15-8-22(31)26(23(32)9-15)24(39)14-37(18-11-20-21(12-18)29(20,2)3)28(42)19-13-36-38(27(19)30(33,34)35)17-6-4-16(5-7-17)10-25(40)41/h8-9,13,16-18,20-21H,4-7,10-12,14H2,1-3H3,(H,40,41)/t16?,17?,18-,20+,21-. The monoisotopic (exact) mass is 627 g/mol. The van der Waals surface area contributed by atoms with Gasteiger partial charge in [-0.2, -0.15) is 18.3 Å². The Morgan fingerprint density at radius 2 is 1.64 bits per heavy atom.